The number of rotatable bonds is 8. The lowest BCUT2D eigenvalue weighted by Crippen LogP contribution is -2.53. The van der Waals surface area contributed by atoms with E-state index in [-0.39, 0.29) is 24.0 Å². The van der Waals surface area contributed by atoms with Crippen molar-refractivity contribution in [1.82, 2.24) is 5.32 Å². The van der Waals surface area contributed by atoms with Gasteiger partial charge in [0.1, 0.15) is 6.04 Å². The molecule has 0 amide bonds. The lowest BCUT2D eigenvalue weighted by atomic mass is 10.0. The molecule has 5 nitrogen and oxygen atoms in total. The van der Waals surface area contributed by atoms with E-state index in [2.05, 4.69) is 18.0 Å². The number of hydrogen-bond acceptors (Lipinski definition) is 6. The Morgan fingerprint density at radius 3 is 2.70 bits per heavy atom. The summed E-state index contributed by atoms with van der Waals surface area (Å²) in [7, 11) is 2.77. The molecule has 0 aromatic carbocycles. The van der Waals surface area contributed by atoms with E-state index in [1.165, 1.54) is 14.2 Å². The fourth-order valence-corrected chi connectivity index (χ4v) is 3.71. The first-order chi connectivity index (χ1) is 11.1. The maximum absolute atomic E-state index is 11.7. The molecule has 1 aliphatic heterocycles. The minimum atomic E-state index is -0.325. The molecule has 1 N–H and O–H groups in total. The third-order valence-electron chi connectivity index (χ3n) is 3.58. The Morgan fingerprint density at radius 1 is 1.26 bits per heavy atom. The monoisotopic (exact) mass is 339 g/mol. The van der Waals surface area contributed by atoms with Crippen LogP contribution in [0.4, 0.5) is 0 Å². The predicted molar refractivity (Wildman–Crippen MR) is 93.3 cm³/mol. The van der Waals surface area contributed by atoms with Gasteiger partial charge in [0.15, 0.2) is 0 Å². The molecule has 23 heavy (non-hydrogen) atoms. The van der Waals surface area contributed by atoms with E-state index in [9.17, 15) is 9.59 Å². The van der Waals surface area contributed by atoms with Gasteiger partial charge in [-0.1, -0.05) is 37.0 Å². The van der Waals surface area contributed by atoms with E-state index in [1.807, 2.05) is 18.2 Å². The Labute approximate surface area is 142 Å². The first-order valence-corrected chi connectivity index (χ1v) is 8.63. The molecular formula is C17H25NO4S. The minimum Gasteiger partial charge on any atom is -0.469 e. The van der Waals surface area contributed by atoms with Gasteiger partial charge < -0.3 is 9.47 Å². The molecule has 3 unspecified atom stereocenters. The number of allylic oxidation sites excluding steroid dienone is 5. The fraction of sp³-hybridized carbons (Fsp3) is 0.529. The van der Waals surface area contributed by atoms with Gasteiger partial charge in [-0.05, 0) is 12.8 Å². The van der Waals surface area contributed by atoms with Gasteiger partial charge in [0, 0.05) is 23.5 Å². The molecule has 128 valence electrons. The van der Waals surface area contributed by atoms with Crippen molar-refractivity contribution < 1.29 is 19.1 Å². The Bertz CT molecular complexity index is 462. The summed E-state index contributed by atoms with van der Waals surface area (Å²) in [5.41, 5.74) is 0. The summed E-state index contributed by atoms with van der Waals surface area (Å²) in [5.74, 6) is 0.172. The number of methoxy groups -OCH3 is 2. The standard InChI is InChI=1S/C17H25NO4S/c1-4-5-6-7-8-9-15-13(10-11-16(19)21-2)18-14(12-23-15)17(20)22-3/h4-8,13-15,18H,1,9-12H2,2-3H3/b6-5-,8-7-. The number of nitrogens with one attached hydrogen (secondary N) is 1. The van der Waals surface area contributed by atoms with Crippen LogP contribution in [0.3, 0.4) is 0 Å². The van der Waals surface area contributed by atoms with E-state index in [0.29, 0.717) is 23.8 Å². The average molecular weight is 339 g/mol. The lowest BCUT2D eigenvalue weighted by Gasteiger charge is -2.35. The highest BCUT2D eigenvalue weighted by molar-refractivity contribution is 8.00. The molecule has 0 aliphatic carbocycles. The van der Waals surface area contributed by atoms with Crippen LogP contribution in [-0.2, 0) is 19.1 Å². The first-order valence-electron chi connectivity index (χ1n) is 7.58. The third-order valence-corrected chi connectivity index (χ3v) is 5.05. The summed E-state index contributed by atoms with van der Waals surface area (Å²) < 4.78 is 9.51. The smallest absolute Gasteiger partial charge is 0.323 e. The largest absolute Gasteiger partial charge is 0.469 e. The van der Waals surface area contributed by atoms with Crippen LogP contribution in [0.25, 0.3) is 0 Å². The Balaban J connectivity index is 2.63. The SMILES string of the molecule is C=C/C=C\C=C/CC1SCC(C(=O)OC)NC1CCC(=O)OC. The average Bonchev–Trinajstić information content (AvgIpc) is 2.59. The topological polar surface area (TPSA) is 64.6 Å². The van der Waals surface area contributed by atoms with Crippen molar-refractivity contribution in [2.75, 3.05) is 20.0 Å². The van der Waals surface area contributed by atoms with Crippen LogP contribution in [0.15, 0.2) is 37.0 Å². The fourth-order valence-electron chi connectivity index (χ4n) is 2.34. The lowest BCUT2D eigenvalue weighted by molar-refractivity contribution is -0.142. The Hall–Kier alpha value is -1.53. The molecule has 0 aromatic heterocycles. The maximum Gasteiger partial charge on any atom is 0.323 e. The number of esters is 2. The molecule has 1 fully saturated rings. The number of carbonyl (C=O) groups excluding carboxylic acids is 2. The quantitative estimate of drug-likeness (QED) is 0.540. The van der Waals surface area contributed by atoms with Crippen molar-refractivity contribution in [3.05, 3.63) is 37.0 Å². The number of hydrogen-bond donors (Lipinski definition) is 1. The van der Waals surface area contributed by atoms with Gasteiger partial charge in [-0.25, -0.2) is 0 Å². The third kappa shape index (κ3) is 7.05. The van der Waals surface area contributed by atoms with Crippen LogP contribution in [0.5, 0.6) is 0 Å². The predicted octanol–water partition coefficient (Wildman–Crippen LogP) is 2.24. The molecule has 1 saturated heterocycles. The molecule has 0 spiro atoms. The van der Waals surface area contributed by atoms with E-state index in [1.54, 1.807) is 17.8 Å². The summed E-state index contributed by atoms with van der Waals surface area (Å²) in [6.45, 7) is 3.62. The Kier molecular flexibility index (Phi) is 9.40. The Morgan fingerprint density at radius 2 is 2.04 bits per heavy atom. The molecule has 1 heterocycles. The second-order valence-corrected chi connectivity index (χ2v) is 6.39. The van der Waals surface area contributed by atoms with Crippen molar-refractivity contribution in [2.24, 2.45) is 0 Å². The van der Waals surface area contributed by atoms with E-state index in [4.69, 9.17) is 9.47 Å². The molecule has 0 saturated carbocycles. The molecule has 0 aromatic rings. The molecule has 1 rings (SSSR count). The van der Waals surface area contributed by atoms with Crippen LogP contribution in [0, 0.1) is 0 Å². The summed E-state index contributed by atoms with van der Waals surface area (Å²) in [5, 5.41) is 3.61. The molecule has 0 radical (unpaired) electrons. The van der Waals surface area contributed by atoms with Gasteiger partial charge in [0.25, 0.3) is 0 Å². The van der Waals surface area contributed by atoms with E-state index >= 15 is 0 Å². The van der Waals surface area contributed by atoms with Crippen molar-refractivity contribution in [3.8, 4) is 0 Å². The summed E-state index contributed by atoms with van der Waals surface area (Å²) in [6.07, 6.45) is 11.4. The highest BCUT2D eigenvalue weighted by atomic mass is 32.2. The van der Waals surface area contributed by atoms with Gasteiger partial charge in [0.05, 0.1) is 14.2 Å². The van der Waals surface area contributed by atoms with Crippen LogP contribution >= 0.6 is 11.8 Å². The number of ether oxygens (including phenoxy) is 2. The van der Waals surface area contributed by atoms with Gasteiger partial charge >= 0.3 is 11.9 Å². The van der Waals surface area contributed by atoms with Crippen molar-refractivity contribution in [3.63, 3.8) is 0 Å². The zero-order chi connectivity index (χ0) is 17.1. The van der Waals surface area contributed by atoms with E-state index < -0.39 is 0 Å². The van der Waals surface area contributed by atoms with Crippen molar-refractivity contribution >= 4 is 23.7 Å². The van der Waals surface area contributed by atoms with Gasteiger partial charge in [0.2, 0.25) is 0 Å². The first kappa shape index (κ1) is 19.5. The summed E-state index contributed by atoms with van der Waals surface area (Å²) in [4.78, 5) is 23.1. The van der Waals surface area contributed by atoms with Gasteiger partial charge in [-0.15, -0.1) is 0 Å². The summed E-state index contributed by atoms with van der Waals surface area (Å²) >= 11 is 1.74. The second kappa shape index (κ2) is 11.1. The zero-order valence-electron chi connectivity index (χ0n) is 13.7. The number of carbonyl (C=O) groups is 2. The summed E-state index contributed by atoms with van der Waals surface area (Å²) in [6, 6.07) is -0.265. The van der Waals surface area contributed by atoms with Gasteiger partial charge in [-0.2, -0.15) is 11.8 Å². The molecule has 1 aliphatic rings. The molecular weight excluding hydrogens is 314 g/mol. The minimum absolute atomic E-state index is 0.0602. The van der Waals surface area contributed by atoms with Crippen molar-refractivity contribution in [2.45, 2.75) is 36.6 Å². The normalized spacial score (nSPS) is 24.7. The van der Waals surface area contributed by atoms with Crippen LogP contribution in [0.1, 0.15) is 19.3 Å². The van der Waals surface area contributed by atoms with Gasteiger partial charge in [-0.3, -0.25) is 14.9 Å². The van der Waals surface area contributed by atoms with Crippen LogP contribution in [-0.4, -0.2) is 49.2 Å². The molecule has 3 atom stereocenters. The maximum atomic E-state index is 11.7. The van der Waals surface area contributed by atoms with Crippen LogP contribution in [0.2, 0.25) is 0 Å². The van der Waals surface area contributed by atoms with Crippen LogP contribution < -0.4 is 5.32 Å². The second-order valence-electron chi connectivity index (χ2n) is 5.12. The zero-order valence-corrected chi connectivity index (χ0v) is 14.5. The highest BCUT2D eigenvalue weighted by Crippen LogP contribution is 2.28. The molecule has 0 bridgehead atoms. The van der Waals surface area contributed by atoms with E-state index in [0.717, 1.165) is 6.42 Å². The molecule has 6 heteroatoms. The van der Waals surface area contributed by atoms with Crippen molar-refractivity contribution in [1.29, 1.82) is 0 Å². The number of thioether (sulfide) groups is 1. The highest BCUT2D eigenvalue weighted by Gasteiger charge is 2.33.